The fraction of sp³-hybridized carbons (Fsp3) is 0.812. The molecule has 1 rings (SSSR count). The lowest BCUT2D eigenvalue weighted by molar-refractivity contribution is -0.277. The highest BCUT2D eigenvalue weighted by Gasteiger charge is 2.51. The summed E-state index contributed by atoms with van der Waals surface area (Å²) in [5.41, 5.74) is -3.34. The second-order valence-electron chi connectivity index (χ2n) is 6.75. The molecule has 0 spiro atoms. The van der Waals surface area contributed by atoms with Gasteiger partial charge in [-0.15, -0.1) is 0 Å². The number of ether oxygens (including phenoxy) is 2. The van der Waals surface area contributed by atoms with Crippen LogP contribution in [0.4, 0.5) is 13.2 Å². The molecule has 3 unspecified atom stereocenters. The Balaban J connectivity index is 2.58. The van der Waals surface area contributed by atoms with E-state index in [0.717, 1.165) is 0 Å². The van der Waals surface area contributed by atoms with Crippen molar-refractivity contribution < 1.29 is 32.5 Å². The fourth-order valence-electron chi connectivity index (χ4n) is 2.35. The Morgan fingerprint density at radius 3 is 2.48 bits per heavy atom. The van der Waals surface area contributed by atoms with E-state index < -0.39 is 30.0 Å². The van der Waals surface area contributed by atoms with Gasteiger partial charge in [0.25, 0.3) is 0 Å². The zero-order valence-electron chi connectivity index (χ0n) is 13.8. The maximum absolute atomic E-state index is 12.7. The maximum Gasteiger partial charge on any atom is 0.419 e. The molecule has 7 heteroatoms. The van der Waals surface area contributed by atoms with Crippen molar-refractivity contribution in [1.29, 1.82) is 0 Å². The zero-order valence-corrected chi connectivity index (χ0v) is 13.8. The van der Waals surface area contributed by atoms with Crippen LogP contribution < -0.4 is 0 Å². The van der Waals surface area contributed by atoms with E-state index in [1.54, 1.807) is 13.8 Å². The molecule has 0 aromatic heterocycles. The molecule has 1 fully saturated rings. The predicted molar refractivity (Wildman–Crippen MR) is 78.8 cm³/mol. The molecule has 1 aliphatic carbocycles. The Bertz CT molecular complexity index is 445. The van der Waals surface area contributed by atoms with Gasteiger partial charge in [0.15, 0.2) is 5.60 Å². The predicted octanol–water partition coefficient (Wildman–Crippen LogP) is 3.53. The number of hydrogen-bond acceptors (Lipinski definition) is 4. The smallest absolute Gasteiger partial charge is 0.419 e. The Morgan fingerprint density at radius 1 is 1.35 bits per heavy atom. The highest BCUT2D eigenvalue weighted by Crippen LogP contribution is 2.35. The molecule has 3 atom stereocenters. The van der Waals surface area contributed by atoms with Crippen LogP contribution in [0.1, 0.15) is 52.9 Å². The SMILES string of the molecule is C=C(C)C(=O)OC1CCCC(C)(OCC(C)(O)C(F)(F)F)CC1. The van der Waals surface area contributed by atoms with Crippen molar-refractivity contribution in [1.82, 2.24) is 0 Å². The first kappa shape index (κ1) is 20.0. The highest BCUT2D eigenvalue weighted by atomic mass is 19.4. The molecular formula is C16H25F3O4. The number of carbonyl (C=O) groups excluding carboxylic acids is 1. The molecule has 1 saturated carbocycles. The van der Waals surface area contributed by atoms with Crippen molar-refractivity contribution in [3.8, 4) is 0 Å². The molecule has 0 aromatic rings. The van der Waals surface area contributed by atoms with Gasteiger partial charge in [-0.3, -0.25) is 0 Å². The fourth-order valence-corrected chi connectivity index (χ4v) is 2.35. The minimum Gasteiger partial charge on any atom is -0.459 e. The van der Waals surface area contributed by atoms with E-state index in [0.29, 0.717) is 44.6 Å². The Morgan fingerprint density at radius 2 is 1.96 bits per heavy atom. The van der Waals surface area contributed by atoms with Crippen molar-refractivity contribution in [3.05, 3.63) is 12.2 Å². The van der Waals surface area contributed by atoms with Gasteiger partial charge in [-0.05, 0) is 52.9 Å². The van der Waals surface area contributed by atoms with Gasteiger partial charge in [0.1, 0.15) is 6.10 Å². The zero-order chi connectivity index (χ0) is 17.9. The maximum atomic E-state index is 12.7. The summed E-state index contributed by atoms with van der Waals surface area (Å²) in [6.45, 7) is 6.69. The molecule has 0 amide bonds. The first-order valence-electron chi connectivity index (χ1n) is 7.66. The second-order valence-corrected chi connectivity index (χ2v) is 6.75. The molecule has 0 saturated heterocycles. The monoisotopic (exact) mass is 338 g/mol. The summed E-state index contributed by atoms with van der Waals surface area (Å²) >= 11 is 0. The van der Waals surface area contributed by atoms with Gasteiger partial charge >= 0.3 is 12.1 Å². The van der Waals surface area contributed by atoms with Crippen molar-refractivity contribution in [2.24, 2.45) is 0 Å². The van der Waals surface area contributed by atoms with E-state index in [1.807, 2.05) is 0 Å². The van der Waals surface area contributed by atoms with Crippen LogP contribution in [0.25, 0.3) is 0 Å². The normalized spacial score (nSPS) is 28.6. The van der Waals surface area contributed by atoms with E-state index in [4.69, 9.17) is 9.47 Å². The van der Waals surface area contributed by atoms with Crippen LogP contribution in [-0.4, -0.2) is 41.2 Å². The number of aliphatic hydroxyl groups is 1. The summed E-state index contributed by atoms with van der Waals surface area (Å²) < 4.78 is 48.8. The Labute approximate surface area is 134 Å². The Hall–Kier alpha value is -1.08. The standard InChI is InChI=1S/C16H25F3O4/c1-11(2)13(20)23-12-6-5-8-14(3,9-7-12)22-10-15(4,21)16(17,18)19/h12,21H,1,5-10H2,2-4H3. The van der Waals surface area contributed by atoms with Crippen molar-refractivity contribution >= 4 is 5.97 Å². The average molecular weight is 338 g/mol. The molecule has 134 valence electrons. The molecule has 1 aliphatic rings. The summed E-state index contributed by atoms with van der Waals surface area (Å²) in [5.74, 6) is -0.459. The van der Waals surface area contributed by atoms with Crippen LogP contribution >= 0.6 is 0 Å². The van der Waals surface area contributed by atoms with Gasteiger partial charge in [0.05, 0.1) is 12.2 Å². The quantitative estimate of drug-likeness (QED) is 0.473. The second kappa shape index (κ2) is 7.21. The number of halogens is 3. The summed E-state index contributed by atoms with van der Waals surface area (Å²) in [4.78, 5) is 11.5. The third-order valence-corrected chi connectivity index (χ3v) is 4.16. The van der Waals surface area contributed by atoms with Crippen molar-refractivity contribution in [3.63, 3.8) is 0 Å². The molecule has 1 N–H and O–H groups in total. The summed E-state index contributed by atoms with van der Waals surface area (Å²) in [7, 11) is 0. The van der Waals surface area contributed by atoms with Crippen LogP contribution in [-0.2, 0) is 14.3 Å². The van der Waals surface area contributed by atoms with Gasteiger partial charge in [0, 0.05) is 5.57 Å². The molecule has 23 heavy (non-hydrogen) atoms. The lowest BCUT2D eigenvalue weighted by Crippen LogP contribution is -2.48. The largest absolute Gasteiger partial charge is 0.459 e. The minimum atomic E-state index is -4.74. The van der Waals surface area contributed by atoms with E-state index in [1.165, 1.54) is 0 Å². The minimum absolute atomic E-state index is 0.284. The van der Waals surface area contributed by atoms with E-state index in [2.05, 4.69) is 6.58 Å². The van der Waals surface area contributed by atoms with Gasteiger partial charge < -0.3 is 14.6 Å². The molecule has 4 nitrogen and oxygen atoms in total. The van der Waals surface area contributed by atoms with Crippen molar-refractivity contribution in [2.45, 2.75) is 76.4 Å². The number of carbonyl (C=O) groups is 1. The first-order valence-corrected chi connectivity index (χ1v) is 7.66. The molecule has 0 bridgehead atoms. The third-order valence-electron chi connectivity index (χ3n) is 4.16. The average Bonchev–Trinajstić information content (AvgIpc) is 2.58. The van der Waals surface area contributed by atoms with Crippen molar-refractivity contribution in [2.75, 3.05) is 6.61 Å². The number of alkyl halides is 3. The van der Waals surface area contributed by atoms with Crippen LogP contribution in [0.3, 0.4) is 0 Å². The summed E-state index contributed by atoms with van der Waals surface area (Å²) in [6.07, 6.45) is -2.23. The highest BCUT2D eigenvalue weighted by molar-refractivity contribution is 5.87. The van der Waals surface area contributed by atoms with E-state index >= 15 is 0 Å². The lowest BCUT2D eigenvalue weighted by atomic mass is 9.96. The van der Waals surface area contributed by atoms with Crippen LogP contribution in [0, 0.1) is 0 Å². The van der Waals surface area contributed by atoms with E-state index in [-0.39, 0.29) is 6.10 Å². The van der Waals surface area contributed by atoms with Gasteiger partial charge in [-0.25, -0.2) is 4.79 Å². The van der Waals surface area contributed by atoms with Crippen LogP contribution in [0.15, 0.2) is 12.2 Å². The van der Waals surface area contributed by atoms with E-state index in [9.17, 15) is 23.1 Å². The topological polar surface area (TPSA) is 55.8 Å². The molecule has 0 aromatic carbocycles. The lowest BCUT2D eigenvalue weighted by Gasteiger charge is -2.34. The molecule has 0 heterocycles. The summed E-state index contributed by atoms with van der Waals surface area (Å²) in [5, 5.41) is 9.47. The van der Waals surface area contributed by atoms with Crippen LogP contribution in [0.5, 0.6) is 0 Å². The Kier molecular flexibility index (Phi) is 6.26. The third kappa shape index (κ3) is 5.80. The summed E-state index contributed by atoms with van der Waals surface area (Å²) in [6, 6.07) is 0. The van der Waals surface area contributed by atoms with Gasteiger partial charge in [0.2, 0.25) is 0 Å². The first-order chi connectivity index (χ1) is 10.4. The van der Waals surface area contributed by atoms with Crippen LogP contribution in [0.2, 0.25) is 0 Å². The molecule has 0 radical (unpaired) electrons. The molecular weight excluding hydrogens is 313 g/mol. The number of rotatable bonds is 5. The van der Waals surface area contributed by atoms with Gasteiger partial charge in [-0.1, -0.05) is 6.58 Å². The molecule has 0 aliphatic heterocycles. The van der Waals surface area contributed by atoms with Gasteiger partial charge in [-0.2, -0.15) is 13.2 Å². The number of hydrogen-bond donors (Lipinski definition) is 1. The number of esters is 1.